The molecule has 0 N–H and O–H groups in total. The SMILES string of the molecule is CC(C)CCCCOC(=O)CCCCCCCCCC(CCC(=O)OCCCCC(C)C)C(C)C. The maximum Gasteiger partial charge on any atom is 0.305 e. The van der Waals surface area contributed by atoms with E-state index in [1.54, 1.807) is 0 Å². The van der Waals surface area contributed by atoms with E-state index >= 15 is 0 Å². The molecule has 0 amide bonds. The van der Waals surface area contributed by atoms with Gasteiger partial charge in [-0.05, 0) is 62.2 Å². The number of carbonyl (C=O) groups is 2. The van der Waals surface area contributed by atoms with Crippen LogP contribution in [0.2, 0.25) is 0 Å². The molecule has 0 rings (SSSR count). The number of carbonyl (C=O) groups excluding carboxylic acids is 2. The van der Waals surface area contributed by atoms with Gasteiger partial charge in [0.1, 0.15) is 0 Å². The van der Waals surface area contributed by atoms with Crippen molar-refractivity contribution in [3.8, 4) is 0 Å². The minimum Gasteiger partial charge on any atom is -0.466 e. The summed E-state index contributed by atoms with van der Waals surface area (Å²) in [5, 5.41) is 0. The van der Waals surface area contributed by atoms with E-state index in [1.165, 1.54) is 51.4 Å². The first-order chi connectivity index (χ1) is 16.7. The molecule has 0 saturated carbocycles. The molecule has 1 unspecified atom stereocenters. The van der Waals surface area contributed by atoms with Gasteiger partial charge in [-0.3, -0.25) is 9.59 Å². The lowest BCUT2D eigenvalue weighted by Crippen LogP contribution is -2.13. The molecular weight excluding hydrogens is 436 g/mol. The van der Waals surface area contributed by atoms with Gasteiger partial charge in [-0.15, -0.1) is 0 Å². The zero-order valence-corrected chi connectivity index (χ0v) is 24.4. The summed E-state index contributed by atoms with van der Waals surface area (Å²) in [5.74, 6) is 2.64. The van der Waals surface area contributed by atoms with E-state index in [1.807, 2.05) is 0 Å². The van der Waals surface area contributed by atoms with E-state index in [0.717, 1.165) is 56.8 Å². The molecule has 35 heavy (non-hydrogen) atoms. The third-order valence-corrected chi connectivity index (χ3v) is 7.00. The van der Waals surface area contributed by atoms with Crippen molar-refractivity contribution < 1.29 is 19.1 Å². The van der Waals surface area contributed by atoms with Gasteiger partial charge in [0.2, 0.25) is 0 Å². The van der Waals surface area contributed by atoms with Gasteiger partial charge in [-0.2, -0.15) is 0 Å². The van der Waals surface area contributed by atoms with Gasteiger partial charge in [-0.1, -0.05) is 99.3 Å². The molecule has 0 aromatic heterocycles. The number of hydrogen-bond acceptors (Lipinski definition) is 4. The molecule has 0 aliphatic heterocycles. The molecule has 0 saturated heterocycles. The van der Waals surface area contributed by atoms with Crippen molar-refractivity contribution >= 4 is 11.9 Å². The van der Waals surface area contributed by atoms with Crippen molar-refractivity contribution in [2.24, 2.45) is 23.7 Å². The lowest BCUT2D eigenvalue weighted by atomic mass is 9.86. The maximum atomic E-state index is 12.1. The average Bonchev–Trinajstić information content (AvgIpc) is 2.78. The smallest absolute Gasteiger partial charge is 0.305 e. The van der Waals surface area contributed by atoms with Gasteiger partial charge in [0, 0.05) is 12.8 Å². The van der Waals surface area contributed by atoms with E-state index in [2.05, 4.69) is 41.5 Å². The molecular formula is C31H60O4. The van der Waals surface area contributed by atoms with Crippen molar-refractivity contribution in [2.45, 2.75) is 151 Å². The number of ether oxygens (including phenoxy) is 2. The topological polar surface area (TPSA) is 52.6 Å². The number of esters is 2. The summed E-state index contributed by atoms with van der Waals surface area (Å²) >= 11 is 0. The van der Waals surface area contributed by atoms with Crippen molar-refractivity contribution in [2.75, 3.05) is 13.2 Å². The lowest BCUT2D eigenvalue weighted by Gasteiger charge is -2.20. The van der Waals surface area contributed by atoms with Crippen LogP contribution in [0.3, 0.4) is 0 Å². The van der Waals surface area contributed by atoms with E-state index in [9.17, 15) is 9.59 Å². The summed E-state index contributed by atoms with van der Waals surface area (Å²) in [5.41, 5.74) is 0. The number of hydrogen-bond donors (Lipinski definition) is 0. The van der Waals surface area contributed by atoms with Crippen LogP contribution in [0, 0.1) is 23.7 Å². The predicted molar refractivity (Wildman–Crippen MR) is 148 cm³/mol. The molecule has 0 aromatic rings. The highest BCUT2D eigenvalue weighted by atomic mass is 16.5. The normalized spacial score (nSPS) is 12.5. The third-order valence-electron chi connectivity index (χ3n) is 7.00. The Labute approximate surface area is 218 Å². The van der Waals surface area contributed by atoms with Gasteiger partial charge in [0.15, 0.2) is 0 Å². The minimum absolute atomic E-state index is 0.0183. The van der Waals surface area contributed by atoms with E-state index < -0.39 is 0 Å². The van der Waals surface area contributed by atoms with E-state index in [4.69, 9.17) is 9.47 Å². The van der Waals surface area contributed by atoms with Crippen LogP contribution in [0.15, 0.2) is 0 Å². The van der Waals surface area contributed by atoms with E-state index in [-0.39, 0.29) is 11.9 Å². The summed E-state index contributed by atoms with van der Waals surface area (Å²) in [6.07, 6.45) is 18.3. The molecule has 0 radical (unpaired) electrons. The van der Waals surface area contributed by atoms with Crippen LogP contribution in [0.25, 0.3) is 0 Å². The van der Waals surface area contributed by atoms with Crippen LogP contribution in [0.4, 0.5) is 0 Å². The van der Waals surface area contributed by atoms with Crippen LogP contribution in [-0.4, -0.2) is 25.2 Å². The van der Waals surface area contributed by atoms with Gasteiger partial charge in [-0.25, -0.2) is 0 Å². The summed E-state index contributed by atoms with van der Waals surface area (Å²) in [6, 6.07) is 0. The number of rotatable bonds is 24. The maximum absolute atomic E-state index is 12.1. The van der Waals surface area contributed by atoms with Gasteiger partial charge in [0.25, 0.3) is 0 Å². The molecule has 0 fully saturated rings. The summed E-state index contributed by atoms with van der Waals surface area (Å²) in [4.78, 5) is 23.8. The molecule has 0 spiro atoms. The molecule has 4 nitrogen and oxygen atoms in total. The Balaban J connectivity index is 3.64. The highest BCUT2D eigenvalue weighted by molar-refractivity contribution is 5.69. The molecule has 0 heterocycles. The Hall–Kier alpha value is -1.06. The zero-order chi connectivity index (χ0) is 26.3. The molecule has 208 valence electrons. The monoisotopic (exact) mass is 496 g/mol. The van der Waals surface area contributed by atoms with Crippen molar-refractivity contribution in [1.82, 2.24) is 0 Å². The first-order valence-electron chi connectivity index (χ1n) is 15.0. The first kappa shape index (κ1) is 33.9. The second-order valence-corrected chi connectivity index (χ2v) is 11.8. The fourth-order valence-electron chi connectivity index (χ4n) is 4.50. The second-order valence-electron chi connectivity index (χ2n) is 11.8. The Morgan fingerprint density at radius 2 is 0.914 bits per heavy atom. The molecule has 0 bridgehead atoms. The Bertz CT molecular complexity index is 498. The summed E-state index contributed by atoms with van der Waals surface area (Å²) in [6.45, 7) is 14.6. The molecule has 0 aliphatic rings. The molecule has 0 aliphatic carbocycles. The zero-order valence-electron chi connectivity index (χ0n) is 24.4. The van der Waals surface area contributed by atoms with Crippen LogP contribution in [0.1, 0.15) is 151 Å². The highest BCUT2D eigenvalue weighted by Gasteiger charge is 2.15. The summed E-state index contributed by atoms with van der Waals surface area (Å²) in [7, 11) is 0. The van der Waals surface area contributed by atoms with Crippen LogP contribution in [0.5, 0.6) is 0 Å². The number of unbranched alkanes of at least 4 members (excludes halogenated alkanes) is 8. The van der Waals surface area contributed by atoms with Gasteiger partial charge < -0.3 is 9.47 Å². The lowest BCUT2D eigenvalue weighted by molar-refractivity contribution is -0.145. The van der Waals surface area contributed by atoms with Gasteiger partial charge >= 0.3 is 11.9 Å². The minimum atomic E-state index is -0.0238. The average molecular weight is 497 g/mol. The van der Waals surface area contributed by atoms with Crippen LogP contribution >= 0.6 is 0 Å². The van der Waals surface area contributed by atoms with Crippen LogP contribution < -0.4 is 0 Å². The van der Waals surface area contributed by atoms with Crippen LogP contribution in [-0.2, 0) is 19.1 Å². The van der Waals surface area contributed by atoms with E-state index in [0.29, 0.717) is 37.9 Å². The third kappa shape index (κ3) is 24.4. The second kappa shape index (κ2) is 23.3. The van der Waals surface area contributed by atoms with Gasteiger partial charge in [0.05, 0.1) is 13.2 Å². The molecule has 4 heteroatoms. The fraction of sp³-hybridized carbons (Fsp3) is 0.935. The molecule has 0 aromatic carbocycles. The fourth-order valence-corrected chi connectivity index (χ4v) is 4.50. The van der Waals surface area contributed by atoms with Crippen molar-refractivity contribution in [1.29, 1.82) is 0 Å². The Kier molecular flexibility index (Phi) is 22.6. The first-order valence-corrected chi connectivity index (χ1v) is 15.0. The predicted octanol–water partition coefficient (Wildman–Crippen LogP) is 9.29. The standard InChI is InChI=1S/C31H60O4/c1-26(2)18-14-16-24-34-30(32)21-13-11-9-7-8-10-12-20-29(28(5)6)22-23-31(33)35-25-17-15-19-27(3)4/h26-29H,7-25H2,1-6H3. The Morgan fingerprint density at radius 1 is 0.486 bits per heavy atom. The van der Waals surface area contributed by atoms with Crippen molar-refractivity contribution in [3.63, 3.8) is 0 Å². The van der Waals surface area contributed by atoms with Crippen molar-refractivity contribution in [3.05, 3.63) is 0 Å². The Morgan fingerprint density at radius 3 is 1.40 bits per heavy atom. The largest absolute Gasteiger partial charge is 0.466 e. The summed E-state index contributed by atoms with van der Waals surface area (Å²) < 4.78 is 10.8. The quantitative estimate of drug-likeness (QED) is 0.0986. The highest BCUT2D eigenvalue weighted by Crippen LogP contribution is 2.24. The molecule has 1 atom stereocenters.